The fraction of sp³-hybridized carbons (Fsp3) is 0.333. The van der Waals surface area contributed by atoms with Gasteiger partial charge in [-0.1, -0.05) is 0 Å². The first kappa shape index (κ1) is 14.2. The number of hydrogen-bond acceptors (Lipinski definition) is 4. The van der Waals surface area contributed by atoms with Gasteiger partial charge in [0.05, 0.1) is 13.2 Å². The minimum atomic E-state index is -1.04. The van der Waals surface area contributed by atoms with Crippen LogP contribution in [0.1, 0.15) is 4.88 Å². The van der Waals surface area contributed by atoms with Gasteiger partial charge in [0.25, 0.3) is 0 Å². The highest BCUT2D eigenvalue weighted by Gasteiger charge is 2.27. The summed E-state index contributed by atoms with van der Waals surface area (Å²) in [6, 6.07) is 1.91. The van der Waals surface area contributed by atoms with Crippen LogP contribution in [-0.2, 0) is 14.3 Å². The van der Waals surface area contributed by atoms with E-state index in [0.29, 0.717) is 6.54 Å². The van der Waals surface area contributed by atoms with Crippen LogP contribution in [0, 0.1) is 0 Å². The maximum absolute atomic E-state index is 11.9. The second-order valence-corrected chi connectivity index (χ2v) is 5.84. The maximum atomic E-state index is 11.9. The molecule has 1 unspecified atom stereocenters. The average molecular weight is 346 g/mol. The second-order valence-electron chi connectivity index (χ2n) is 3.98. The van der Waals surface area contributed by atoms with Crippen molar-refractivity contribution < 1.29 is 19.4 Å². The van der Waals surface area contributed by atoms with Gasteiger partial charge < -0.3 is 14.7 Å². The number of carbonyl (C=O) groups excluding carboxylic acids is 1. The number of ether oxygens (including phenoxy) is 1. The monoisotopic (exact) mass is 345 g/mol. The number of nitrogens with zero attached hydrogens (tertiary/aromatic N) is 1. The van der Waals surface area contributed by atoms with Gasteiger partial charge in [-0.05, 0) is 28.1 Å². The van der Waals surface area contributed by atoms with Gasteiger partial charge >= 0.3 is 5.97 Å². The Kier molecular flexibility index (Phi) is 4.73. The average Bonchev–Trinajstić information content (AvgIpc) is 2.82. The summed E-state index contributed by atoms with van der Waals surface area (Å²) in [5.74, 6) is -1.23. The number of carboxylic acids is 1. The summed E-state index contributed by atoms with van der Waals surface area (Å²) < 4.78 is 6.04. The van der Waals surface area contributed by atoms with E-state index < -0.39 is 12.1 Å². The zero-order valence-corrected chi connectivity index (χ0v) is 12.3. The summed E-state index contributed by atoms with van der Waals surface area (Å²) in [5.41, 5.74) is 0. The van der Waals surface area contributed by atoms with E-state index in [9.17, 15) is 9.59 Å². The number of rotatable bonds is 3. The summed E-state index contributed by atoms with van der Waals surface area (Å²) in [6.07, 6.45) is 2.26. The van der Waals surface area contributed by atoms with Crippen LogP contribution in [0.25, 0.3) is 6.08 Å². The van der Waals surface area contributed by atoms with E-state index in [2.05, 4.69) is 15.9 Å². The Balaban J connectivity index is 1.96. The highest BCUT2D eigenvalue weighted by molar-refractivity contribution is 9.10. The molecule has 5 nitrogen and oxygen atoms in total. The van der Waals surface area contributed by atoms with Crippen molar-refractivity contribution in [2.75, 3.05) is 19.7 Å². The molecule has 0 saturated carbocycles. The fourth-order valence-corrected chi connectivity index (χ4v) is 3.01. The first-order chi connectivity index (χ1) is 9.06. The largest absolute Gasteiger partial charge is 0.479 e. The zero-order chi connectivity index (χ0) is 13.8. The van der Waals surface area contributed by atoms with Crippen LogP contribution in [0.4, 0.5) is 0 Å². The van der Waals surface area contributed by atoms with Crippen molar-refractivity contribution in [2.24, 2.45) is 0 Å². The number of thiophene rings is 1. The molecule has 2 rings (SSSR count). The number of halogens is 1. The lowest BCUT2D eigenvalue weighted by Gasteiger charge is -2.30. The summed E-state index contributed by atoms with van der Waals surface area (Å²) >= 11 is 4.86. The molecule has 1 N–H and O–H groups in total. The van der Waals surface area contributed by atoms with Crippen molar-refractivity contribution >= 4 is 45.2 Å². The molecule has 1 amide bonds. The van der Waals surface area contributed by atoms with Gasteiger partial charge in [0.15, 0.2) is 6.10 Å². The first-order valence-electron chi connectivity index (χ1n) is 5.61. The Bertz CT molecular complexity index is 514. The van der Waals surface area contributed by atoms with E-state index in [0.717, 1.165) is 9.35 Å². The normalized spacial score (nSPS) is 19.8. The van der Waals surface area contributed by atoms with E-state index in [1.54, 1.807) is 6.08 Å². The quantitative estimate of drug-likeness (QED) is 0.848. The Labute approximate surface area is 122 Å². The van der Waals surface area contributed by atoms with Crippen molar-refractivity contribution in [3.05, 3.63) is 26.9 Å². The molecule has 1 atom stereocenters. The number of carboxylic acid groups (broad SMARTS) is 1. The van der Waals surface area contributed by atoms with Gasteiger partial charge in [-0.25, -0.2) is 4.79 Å². The lowest BCUT2D eigenvalue weighted by atomic mass is 10.2. The molecule has 0 bridgehead atoms. The molecule has 102 valence electrons. The molecule has 0 radical (unpaired) electrons. The standard InChI is InChI=1S/C12H12BrNO4S/c13-8-5-9(19-7-8)1-2-11(15)14-3-4-18-10(6-14)12(16)17/h1-2,5,7,10H,3-4,6H2,(H,16,17). The second kappa shape index (κ2) is 6.31. The molecule has 1 aromatic heterocycles. The summed E-state index contributed by atoms with van der Waals surface area (Å²) in [4.78, 5) is 25.2. The molecular formula is C12H12BrNO4S. The maximum Gasteiger partial charge on any atom is 0.334 e. The Hall–Kier alpha value is -1.18. The van der Waals surface area contributed by atoms with Crippen molar-refractivity contribution in [3.8, 4) is 0 Å². The van der Waals surface area contributed by atoms with Crippen LogP contribution in [0.5, 0.6) is 0 Å². The molecule has 7 heteroatoms. The molecule has 1 fully saturated rings. The van der Waals surface area contributed by atoms with Gasteiger partial charge in [-0.3, -0.25) is 4.79 Å². The Morgan fingerprint density at radius 2 is 2.37 bits per heavy atom. The number of amides is 1. The van der Waals surface area contributed by atoms with Crippen LogP contribution in [0.2, 0.25) is 0 Å². The van der Waals surface area contributed by atoms with Crippen molar-refractivity contribution in [1.82, 2.24) is 4.90 Å². The van der Waals surface area contributed by atoms with Gasteiger partial charge in [-0.2, -0.15) is 0 Å². The third-order valence-corrected chi connectivity index (χ3v) is 4.29. The molecule has 1 aromatic rings. The minimum Gasteiger partial charge on any atom is -0.479 e. The molecule has 0 spiro atoms. The molecule has 2 heterocycles. The smallest absolute Gasteiger partial charge is 0.334 e. The molecule has 0 aromatic carbocycles. The van der Waals surface area contributed by atoms with Crippen LogP contribution in [-0.4, -0.2) is 47.7 Å². The van der Waals surface area contributed by atoms with Gasteiger partial charge in [0.1, 0.15) is 0 Å². The van der Waals surface area contributed by atoms with Crippen LogP contribution >= 0.6 is 27.3 Å². The number of aliphatic carboxylic acids is 1. The predicted octanol–water partition coefficient (Wildman–Crippen LogP) is 1.84. The van der Waals surface area contributed by atoms with E-state index >= 15 is 0 Å². The minimum absolute atomic E-state index is 0.0899. The van der Waals surface area contributed by atoms with Crippen molar-refractivity contribution in [3.63, 3.8) is 0 Å². The molecule has 1 saturated heterocycles. The number of carbonyl (C=O) groups is 2. The van der Waals surface area contributed by atoms with Gasteiger partial charge in [0.2, 0.25) is 5.91 Å². The van der Waals surface area contributed by atoms with Crippen molar-refractivity contribution in [2.45, 2.75) is 6.10 Å². The van der Waals surface area contributed by atoms with Crippen LogP contribution < -0.4 is 0 Å². The lowest BCUT2D eigenvalue weighted by Crippen LogP contribution is -2.48. The van der Waals surface area contributed by atoms with Gasteiger partial charge in [-0.15, -0.1) is 11.3 Å². The lowest BCUT2D eigenvalue weighted by molar-refractivity contribution is -0.158. The van der Waals surface area contributed by atoms with E-state index in [-0.39, 0.29) is 19.1 Å². The predicted molar refractivity (Wildman–Crippen MR) is 75.0 cm³/mol. The number of hydrogen-bond donors (Lipinski definition) is 1. The fourth-order valence-electron chi connectivity index (χ4n) is 1.67. The van der Waals surface area contributed by atoms with E-state index in [4.69, 9.17) is 9.84 Å². The third kappa shape index (κ3) is 3.89. The topological polar surface area (TPSA) is 66.8 Å². The molecule has 19 heavy (non-hydrogen) atoms. The molecule has 0 aliphatic carbocycles. The summed E-state index contributed by atoms with van der Waals surface area (Å²) in [7, 11) is 0. The Morgan fingerprint density at radius 3 is 3.00 bits per heavy atom. The van der Waals surface area contributed by atoms with Crippen LogP contribution in [0.15, 0.2) is 22.0 Å². The van der Waals surface area contributed by atoms with Crippen molar-refractivity contribution in [1.29, 1.82) is 0 Å². The highest BCUT2D eigenvalue weighted by Crippen LogP contribution is 2.20. The third-order valence-electron chi connectivity index (χ3n) is 2.63. The molecular weight excluding hydrogens is 334 g/mol. The summed E-state index contributed by atoms with van der Waals surface area (Å²) in [6.45, 7) is 0.759. The first-order valence-corrected chi connectivity index (χ1v) is 7.29. The summed E-state index contributed by atoms with van der Waals surface area (Å²) in [5, 5.41) is 10.8. The zero-order valence-electron chi connectivity index (χ0n) is 9.91. The van der Waals surface area contributed by atoms with Crippen LogP contribution in [0.3, 0.4) is 0 Å². The Morgan fingerprint density at radius 1 is 1.58 bits per heavy atom. The SMILES string of the molecule is O=C(O)C1CN(C(=O)C=Cc2cc(Br)cs2)CCO1. The van der Waals surface area contributed by atoms with E-state index in [1.807, 2.05) is 11.4 Å². The molecule has 1 aliphatic heterocycles. The van der Waals surface area contributed by atoms with E-state index in [1.165, 1.54) is 22.3 Å². The number of morpholine rings is 1. The van der Waals surface area contributed by atoms with Gasteiger partial charge in [0, 0.05) is 27.4 Å². The highest BCUT2D eigenvalue weighted by atomic mass is 79.9. The molecule has 1 aliphatic rings.